The van der Waals surface area contributed by atoms with E-state index in [1.54, 1.807) is 12.1 Å². The number of benzene rings is 1. The molecule has 0 saturated carbocycles. The summed E-state index contributed by atoms with van der Waals surface area (Å²) in [7, 11) is 0. The minimum atomic E-state index is -0.277. The lowest BCUT2D eigenvalue weighted by atomic mass is 10.2. The Bertz CT molecular complexity index is 852. The normalized spacial score (nSPS) is 11.3. The predicted molar refractivity (Wildman–Crippen MR) is 89.0 cm³/mol. The van der Waals surface area contributed by atoms with Crippen molar-refractivity contribution in [2.45, 2.75) is 13.8 Å². The average Bonchev–Trinajstić information content (AvgIpc) is 2.90. The maximum atomic E-state index is 13.0. The van der Waals surface area contributed by atoms with Crippen LogP contribution >= 0.6 is 11.3 Å². The summed E-state index contributed by atoms with van der Waals surface area (Å²) < 4.78 is 13.6. The van der Waals surface area contributed by atoms with Gasteiger partial charge in [-0.2, -0.15) is 0 Å². The number of hydrogen-bond donors (Lipinski definition) is 2. The van der Waals surface area contributed by atoms with Crippen LogP contribution in [0.25, 0.3) is 20.7 Å². The van der Waals surface area contributed by atoms with Crippen molar-refractivity contribution >= 4 is 27.5 Å². The molecule has 3 rings (SSSR count). The Morgan fingerprint density at radius 3 is 2.73 bits per heavy atom. The second-order valence-electron chi connectivity index (χ2n) is 5.52. The average molecular weight is 317 g/mol. The van der Waals surface area contributed by atoms with Crippen LogP contribution in [0.5, 0.6) is 0 Å². The quantitative estimate of drug-likeness (QED) is 0.768. The molecule has 6 heteroatoms. The van der Waals surface area contributed by atoms with Crippen molar-refractivity contribution in [1.29, 1.82) is 0 Å². The van der Waals surface area contributed by atoms with Gasteiger partial charge in [0, 0.05) is 11.4 Å². The van der Waals surface area contributed by atoms with E-state index in [4.69, 9.17) is 0 Å². The highest BCUT2D eigenvalue weighted by Gasteiger charge is 2.10. The lowest BCUT2D eigenvalue weighted by molar-refractivity contribution is 0.628. The zero-order chi connectivity index (χ0) is 15.7. The van der Waals surface area contributed by atoms with Crippen LogP contribution < -0.4 is 10.9 Å². The van der Waals surface area contributed by atoms with E-state index in [0.29, 0.717) is 22.1 Å². The molecule has 0 spiro atoms. The van der Waals surface area contributed by atoms with Crippen LogP contribution in [-0.2, 0) is 0 Å². The molecule has 3 aromatic rings. The summed E-state index contributed by atoms with van der Waals surface area (Å²) in [5, 5.41) is 3.12. The molecule has 0 aliphatic carbocycles. The van der Waals surface area contributed by atoms with Gasteiger partial charge in [0.1, 0.15) is 10.5 Å². The fraction of sp³-hybridized carbons (Fsp3) is 0.250. The Hall–Kier alpha value is -2.21. The summed E-state index contributed by atoms with van der Waals surface area (Å²) in [6, 6.07) is 8.08. The third-order valence-electron chi connectivity index (χ3n) is 3.19. The predicted octanol–water partition coefficient (Wildman–Crippen LogP) is 3.86. The van der Waals surface area contributed by atoms with Gasteiger partial charge < -0.3 is 5.32 Å². The van der Waals surface area contributed by atoms with Crippen LogP contribution in [0.1, 0.15) is 13.8 Å². The van der Waals surface area contributed by atoms with Gasteiger partial charge in [-0.1, -0.05) is 26.0 Å². The Morgan fingerprint density at radius 2 is 2.05 bits per heavy atom. The number of H-pyrrole nitrogens is 1. The van der Waals surface area contributed by atoms with Crippen molar-refractivity contribution in [2.75, 3.05) is 11.9 Å². The van der Waals surface area contributed by atoms with Gasteiger partial charge >= 0.3 is 0 Å². The number of anilines is 1. The first-order valence-electron chi connectivity index (χ1n) is 7.06. The van der Waals surface area contributed by atoms with Crippen molar-refractivity contribution in [1.82, 2.24) is 9.97 Å². The van der Waals surface area contributed by atoms with Gasteiger partial charge in [-0.05, 0) is 29.7 Å². The smallest absolute Gasteiger partial charge is 0.270 e. The molecule has 0 unspecified atom stereocenters. The lowest BCUT2D eigenvalue weighted by Crippen LogP contribution is -2.15. The van der Waals surface area contributed by atoms with E-state index in [0.717, 1.165) is 17.0 Å². The van der Waals surface area contributed by atoms with Crippen LogP contribution in [0.3, 0.4) is 0 Å². The molecule has 0 radical (unpaired) electrons. The van der Waals surface area contributed by atoms with E-state index in [-0.39, 0.29) is 11.4 Å². The number of aromatic nitrogens is 2. The number of nitrogens with zero attached hydrogens (tertiary/aromatic N) is 1. The standard InChI is InChI=1S/C16H16FN3OS/c1-9(2)8-18-16-19-12-7-13(22-14(12)15(21)20-16)10-3-5-11(17)6-4-10/h3-7,9H,8H2,1-2H3,(H2,18,19,20,21). The van der Waals surface area contributed by atoms with Crippen molar-refractivity contribution in [3.05, 3.63) is 46.5 Å². The molecule has 0 fully saturated rings. The Kier molecular flexibility index (Phi) is 3.94. The molecule has 1 aromatic carbocycles. The molecule has 4 nitrogen and oxygen atoms in total. The highest BCUT2D eigenvalue weighted by Crippen LogP contribution is 2.31. The highest BCUT2D eigenvalue weighted by atomic mass is 32.1. The molecule has 0 atom stereocenters. The first kappa shape index (κ1) is 14.7. The van der Waals surface area contributed by atoms with E-state index in [1.807, 2.05) is 6.07 Å². The SMILES string of the molecule is CC(C)CNc1nc2cc(-c3ccc(F)cc3)sc2c(=O)[nH]1. The number of fused-ring (bicyclic) bond motifs is 1. The fourth-order valence-electron chi connectivity index (χ4n) is 2.08. The summed E-state index contributed by atoms with van der Waals surface area (Å²) in [5.41, 5.74) is 1.37. The maximum Gasteiger partial charge on any atom is 0.270 e. The summed E-state index contributed by atoms with van der Waals surface area (Å²) in [4.78, 5) is 20.2. The van der Waals surface area contributed by atoms with Crippen molar-refractivity contribution in [3.63, 3.8) is 0 Å². The van der Waals surface area contributed by atoms with Crippen LogP contribution in [0, 0.1) is 11.7 Å². The molecule has 22 heavy (non-hydrogen) atoms. The second-order valence-corrected chi connectivity index (χ2v) is 6.57. The molecule has 0 aliphatic rings. The number of thiophene rings is 1. The number of rotatable bonds is 4. The molecule has 2 N–H and O–H groups in total. The molecule has 0 saturated heterocycles. The van der Waals surface area contributed by atoms with Crippen LogP contribution in [-0.4, -0.2) is 16.5 Å². The van der Waals surface area contributed by atoms with Gasteiger partial charge in [0.05, 0.1) is 5.52 Å². The van der Waals surface area contributed by atoms with E-state index in [1.165, 1.54) is 23.5 Å². The third-order valence-corrected chi connectivity index (χ3v) is 4.36. The second kappa shape index (κ2) is 5.88. The van der Waals surface area contributed by atoms with Gasteiger partial charge in [0.15, 0.2) is 0 Å². The first-order chi connectivity index (χ1) is 10.5. The third kappa shape index (κ3) is 3.01. The molecule has 2 heterocycles. The van der Waals surface area contributed by atoms with Crippen molar-refractivity contribution in [2.24, 2.45) is 5.92 Å². The Labute approximate surface area is 131 Å². The Balaban J connectivity index is 2.00. The molecule has 2 aromatic heterocycles. The monoisotopic (exact) mass is 317 g/mol. The van der Waals surface area contributed by atoms with Gasteiger partial charge in [-0.25, -0.2) is 9.37 Å². The molecule has 0 amide bonds. The highest BCUT2D eigenvalue weighted by molar-refractivity contribution is 7.22. The van der Waals surface area contributed by atoms with Gasteiger partial charge in [-0.3, -0.25) is 9.78 Å². The number of aromatic amines is 1. The van der Waals surface area contributed by atoms with E-state index < -0.39 is 0 Å². The minimum Gasteiger partial charge on any atom is -0.355 e. The fourth-order valence-corrected chi connectivity index (χ4v) is 3.08. The van der Waals surface area contributed by atoms with Crippen molar-refractivity contribution in [3.8, 4) is 10.4 Å². The first-order valence-corrected chi connectivity index (χ1v) is 7.88. The molecule has 0 bridgehead atoms. The zero-order valence-electron chi connectivity index (χ0n) is 12.3. The molecule has 114 valence electrons. The largest absolute Gasteiger partial charge is 0.355 e. The summed E-state index contributed by atoms with van der Waals surface area (Å²) in [6.07, 6.45) is 0. The van der Waals surface area contributed by atoms with Crippen LogP contribution in [0.15, 0.2) is 35.1 Å². The van der Waals surface area contributed by atoms with E-state index in [9.17, 15) is 9.18 Å². The minimum absolute atomic E-state index is 0.158. The van der Waals surface area contributed by atoms with Gasteiger partial charge in [0.25, 0.3) is 5.56 Å². The maximum absolute atomic E-state index is 13.0. The summed E-state index contributed by atoms with van der Waals surface area (Å²) >= 11 is 1.36. The molecular formula is C16H16FN3OS. The zero-order valence-corrected chi connectivity index (χ0v) is 13.1. The number of hydrogen-bond acceptors (Lipinski definition) is 4. The molecular weight excluding hydrogens is 301 g/mol. The molecule has 0 aliphatic heterocycles. The van der Waals surface area contributed by atoms with E-state index in [2.05, 4.69) is 29.1 Å². The van der Waals surface area contributed by atoms with Gasteiger partial charge in [-0.15, -0.1) is 11.3 Å². The summed E-state index contributed by atoms with van der Waals surface area (Å²) in [6.45, 7) is 4.91. The van der Waals surface area contributed by atoms with Crippen molar-refractivity contribution < 1.29 is 4.39 Å². The lowest BCUT2D eigenvalue weighted by Gasteiger charge is -2.07. The summed E-state index contributed by atoms with van der Waals surface area (Å²) in [5.74, 6) is 0.661. The van der Waals surface area contributed by atoms with E-state index >= 15 is 0 Å². The number of nitrogens with one attached hydrogen (secondary N) is 2. The van der Waals surface area contributed by atoms with Crippen LogP contribution in [0.2, 0.25) is 0 Å². The van der Waals surface area contributed by atoms with Gasteiger partial charge in [0.2, 0.25) is 5.95 Å². The topological polar surface area (TPSA) is 57.8 Å². The van der Waals surface area contributed by atoms with Crippen LogP contribution in [0.4, 0.5) is 10.3 Å². The number of halogens is 1. The Morgan fingerprint density at radius 1 is 1.32 bits per heavy atom.